The third kappa shape index (κ3) is 2.81. The van der Waals surface area contributed by atoms with Crippen LogP contribution in [-0.4, -0.2) is 15.8 Å². The monoisotopic (exact) mass is 283 g/mol. The highest BCUT2D eigenvalue weighted by Crippen LogP contribution is 2.21. The van der Waals surface area contributed by atoms with Crippen LogP contribution >= 0.6 is 0 Å². The lowest BCUT2D eigenvalue weighted by Gasteiger charge is -2.13. The van der Waals surface area contributed by atoms with Crippen LogP contribution in [0.1, 0.15) is 19.4 Å². The molecule has 1 heterocycles. The van der Waals surface area contributed by atoms with E-state index < -0.39 is 0 Å². The highest BCUT2D eigenvalue weighted by atomic mass is 19.1. The van der Waals surface area contributed by atoms with E-state index in [9.17, 15) is 4.39 Å². The molecule has 108 valence electrons. The van der Waals surface area contributed by atoms with Gasteiger partial charge in [0.15, 0.2) is 0 Å². The maximum atomic E-state index is 13.6. The van der Waals surface area contributed by atoms with Crippen molar-refractivity contribution in [1.82, 2.24) is 15.1 Å². The van der Waals surface area contributed by atoms with Gasteiger partial charge in [0.25, 0.3) is 0 Å². The van der Waals surface area contributed by atoms with E-state index in [1.807, 2.05) is 35.1 Å². The summed E-state index contributed by atoms with van der Waals surface area (Å²) in [6.45, 7) is 4.75. The molecule has 0 fully saturated rings. The molecule has 1 aromatic heterocycles. The second-order valence-corrected chi connectivity index (χ2v) is 5.42. The molecular weight excluding hydrogens is 265 g/mol. The van der Waals surface area contributed by atoms with Crippen LogP contribution in [0, 0.1) is 5.82 Å². The van der Waals surface area contributed by atoms with Crippen LogP contribution in [0.15, 0.2) is 48.7 Å². The van der Waals surface area contributed by atoms with Crippen LogP contribution in [0.25, 0.3) is 16.6 Å². The fourth-order valence-corrected chi connectivity index (χ4v) is 2.38. The van der Waals surface area contributed by atoms with Crippen LogP contribution in [0.5, 0.6) is 0 Å². The van der Waals surface area contributed by atoms with Crippen molar-refractivity contribution < 1.29 is 4.39 Å². The van der Waals surface area contributed by atoms with Gasteiger partial charge in [-0.05, 0) is 29.8 Å². The summed E-state index contributed by atoms with van der Waals surface area (Å²) in [5.74, 6) is -0.226. The first-order chi connectivity index (χ1) is 10.1. The van der Waals surface area contributed by atoms with Crippen molar-refractivity contribution in [1.29, 1.82) is 0 Å². The summed E-state index contributed by atoms with van der Waals surface area (Å²) in [6, 6.07) is 13.2. The van der Waals surface area contributed by atoms with Crippen molar-refractivity contribution in [3.05, 3.63) is 60.0 Å². The third-order valence-electron chi connectivity index (χ3n) is 3.45. The van der Waals surface area contributed by atoms with Gasteiger partial charge in [0.1, 0.15) is 5.82 Å². The molecule has 3 aromatic rings. The standard InChI is InChI=1S/C17H18FN3/c1-12(2)19-10-14-9-15(18)7-8-17(14)21-16-6-4-3-5-13(16)11-20-21/h3-9,11-12,19H,10H2,1-2H3. The van der Waals surface area contributed by atoms with Crippen LogP contribution in [0.3, 0.4) is 0 Å². The Morgan fingerprint density at radius 1 is 1.19 bits per heavy atom. The number of aromatic nitrogens is 2. The second kappa shape index (κ2) is 5.66. The summed E-state index contributed by atoms with van der Waals surface area (Å²) in [5.41, 5.74) is 2.83. The Morgan fingerprint density at radius 3 is 2.81 bits per heavy atom. The van der Waals surface area contributed by atoms with Crippen molar-refractivity contribution >= 4 is 10.9 Å². The Hall–Kier alpha value is -2.20. The Morgan fingerprint density at radius 2 is 2.00 bits per heavy atom. The first-order valence-corrected chi connectivity index (χ1v) is 7.10. The van der Waals surface area contributed by atoms with Gasteiger partial charge in [-0.3, -0.25) is 0 Å². The predicted molar refractivity (Wildman–Crippen MR) is 83.0 cm³/mol. The number of hydrogen-bond acceptors (Lipinski definition) is 2. The van der Waals surface area contributed by atoms with Gasteiger partial charge in [0.2, 0.25) is 0 Å². The Kier molecular flexibility index (Phi) is 3.71. The number of benzene rings is 2. The molecular formula is C17H18FN3. The van der Waals surface area contributed by atoms with E-state index in [-0.39, 0.29) is 5.82 Å². The number of fused-ring (bicyclic) bond motifs is 1. The van der Waals surface area contributed by atoms with Crippen LogP contribution in [0.2, 0.25) is 0 Å². The average molecular weight is 283 g/mol. The van der Waals surface area contributed by atoms with Crippen molar-refractivity contribution in [2.75, 3.05) is 0 Å². The number of nitrogens with one attached hydrogen (secondary N) is 1. The first kappa shape index (κ1) is 13.8. The fourth-order valence-electron chi connectivity index (χ4n) is 2.38. The quantitative estimate of drug-likeness (QED) is 0.792. The Balaban J connectivity index is 2.09. The van der Waals surface area contributed by atoms with E-state index in [4.69, 9.17) is 0 Å². The Bertz CT molecular complexity index is 762. The number of para-hydroxylation sites is 1. The van der Waals surface area contributed by atoms with Crippen molar-refractivity contribution in [2.24, 2.45) is 0 Å². The lowest BCUT2D eigenvalue weighted by atomic mass is 10.1. The van der Waals surface area contributed by atoms with Crippen molar-refractivity contribution in [3.63, 3.8) is 0 Å². The highest BCUT2D eigenvalue weighted by Gasteiger charge is 2.10. The molecule has 1 N–H and O–H groups in total. The van der Waals surface area contributed by atoms with Crippen LogP contribution < -0.4 is 5.32 Å². The normalized spacial score (nSPS) is 11.4. The molecule has 0 aliphatic rings. The highest BCUT2D eigenvalue weighted by molar-refractivity contribution is 5.80. The molecule has 0 spiro atoms. The SMILES string of the molecule is CC(C)NCc1cc(F)ccc1-n1ncc2ccccc21. The second-order valence-electron chi connectivity index (χ2n) is 5.42. The number of rotatable bonds is 4. The zero-order valence-electron chi connectivity index (χ0n) is 12.2. The van der Waals surface area contributed by atoms with Gasteiger partial charge in [-0.25, -0.2) is 9.07 Å². The summed E-state index contributed by atoms with van der Waals surface area (Å²) in [5, 5.41) is 8.85. The molecule has 0 atom stereocenters. The summed E-state index contributed by atoms with van der Waals surface area (Å²) in [7, 11) is 0. The number of hydrogen-bond donors (Lipinski definition) is 1. The summed E-state index contributed by atoms with van der Waals surface area (Å²) in [4.78, 5) is 0. The third-order valence-corrected chi connectivity index (χ3v) is 3.45. The zero-order valence-corrected chi connectivity index (χ0v) is 12.2. The lowest BCUT2D eigenvalue weighted by molar-refractivity contribution is 0.579. The molecule has 3 nitrogen and oxygen atoms in total. The Labute approximate surface area is 123 Å². The molecule has 0 aliphatic heterocycles. The molecule has 0 saturated heterocycles. The van der Waals surface area contributed by atoms with Crippen LogP contribution in [-0.2, 0) is 6.54 Å². The summed E-state index contributed by atoms with van der Waals surface area (Å²) in [6.07, 6.45) is 1.83. The van der Waals surface area contributed by atoms with Gasteiger partial charge < -0.3 is 5.32 Å². The largest absolute Gasteiger partial charge is 0.310 e. The molecule has 21 heavy (non-hydrogen) atoms. The number of halogens is 1. The molecule has 3 rings (SSSR count). The minimum absolute atomic E-state index is 0.226. The van der Waals surface area contributed by atoms with E-state index >= 15 is 0 Å². The fraction of sp³-hybridized carbons (Fsp3) is 0.235. The smallest absolute Gasteiger partial charge is 0.123 e. The van der Waals surface area contributed by atoms with E-state index in [1.165, 1.54) is 6.07 Å². The van der Waals surface area contributed by atoms with Gasteiger partial charge in [-0.1, -0.05) is 32.0 Å². The van der Waals surface area contributed by atoms with Crippen molar-refractivity contribution in [2.45, 2.75) is 26.4 Å². The molecule has 4 heteroatoms. The van der Waals surface area contributed by atoms with E-state index in [1.54, 1.807) is 12.1 Å². The predicted octanol–water partition coefficient (Wildman–Crippen LogP) is 3.66. The zero-order chi connectivity index (χ0) is 14.8. The van der Waals surface area contributed by atoms with E-state index in [0.717, 1.165) is 22.2 Å². The molecule has 0 aliphatic carbocycles. The summed E-state index contributed by atoms with van der Waals surface area (Å²) >= 11 is 0. The first-order valence-electron chi connectivity index (χ1n) is 7.10. The van der Waals surface area contributed by atoms with Gasteiger partial charge in [-0.15, -0.1) is 0 Å². The average Bonchev–Trinajstić information content (AvgIpc) is 2.89. The van der Waals surface area contributed by atoms with E-state index in [0.29, 0.717) is 12.6 Å². The molecule has 0 radical (unpaired) electrons. The molecule has 0 saturated carbocycles. The minimum Gasteiger partial charge on any atom is -0.310 e. The van der Waals surface area contributed by atoms with Gasteiger partial charge >= 0.3 is 0 Å². The maximum Gasteiger partial charge on any atom is 0.123 e. The van der Waals surface area contributed by atoms with Gasteiger partial charge in [-0.2, -0.15) is 5.10 Å². The molecule has 0 amide bonds. The minimum atomic E-state index is -0.226. The lowest BCUT2D eigenvalue weighted by Crippen LogP contribution is -2.22. The maximum absolute atomic E-state index is 13.6. The van der Waals surface area contributed by atoms with Crippen LogP contribution in [0.4, 0.5) is 4.39 Å². The molecule has 2 aromatic carbocycles. The van der Waals surface area contributed by atoms with Crippen molar-refractivity contribution in [3.8, 4) is 5.69 Å². The van der Waals surface area contributed by atoms with E-state index in [2.05, 4.69) is 24.3 Å². The topological polar surface area (TPSA) is 29.9 Å². The summed E-state index contributed by atoms with van der Waals surface area (Å²) < 4.78 is 15.4. The van der Waals surface area contributed by atoms with Gasteiger partial charge in [0.05, 0.1) is 17.4 Å². The molecule has 0 bridgehead atoms. The van der Waals surface area contributed by atoms with Gasteiger partial charge in [0, 0.05) is 18.0 Å². The molecule has 0 unspecified atom stereocenters. The number of nitrogens with zero attached hydrogens (tertiary/aromatic N) is 2.